The Balaban J connectivity index is 1.75. The molecule has 0 fully saturated rings. The van der Waals surface area contributed by atoms with E-state index < -0.39 is 10.9 Å². The van der Waals surface area contributed by atoms with Gasteiger partial charge in [-0.3, -0.25) is 19.4 Å². The zero-order valence-electron chi connectivity index (χ0n) is 13.0. The van der Waals surface area contributed by atoms with Gasteiger partial charge in [-0.2, -0.15) is 0 Å². The summed E-state index contributed by atoms with van der Waals surface area (Å²) in [5, 5.41) is 5.87. The molecule has 6 nitrogen and oxygen atoms in total. The van der Waals surface area contributed by atoms with Gasteiger partial charge in [0.2, 0.25) is 0 Å². The average Bonchev–Trinajstić information content (AvgIpc) is 2.61. The summed E-state index contributed by atoms with van der Waals surface area (Å²) in [5.41, 5.74) is 1.35. The lowest BCUT2D eigenvalue weighted by atomic mass is 10.1. The van der Waals surface area contributed by atoms with E-state index in [9.17, 15) is 14.4 Å². The molecular formula is C18H15N3O3. The van der Waals surface area contributed by atoms with Crippen LogP contribution in [0, 0.1) is 0 Å². The fourth-order valence-corrected chi connectivity index (χ4v) is 2.29. The van der Waals surface area contributed by atoms with E-state index in [2.05, 4.69) is 15.6 Å². The first kappa shape index (κ1) is 15.6. The van der Waals surface area contributed by atoms with E-state index in [1.165, 1.54) is 6.92 Å². The molecule has 2 aromatic carbocycles. The Morgan fingerprint density at radius 3 is 2.33 bits per heavy atom. The van der Waals surface area contributed by atoms with Crippen LogP contribution in [0.3, 0.4) is 0 Å². The number of carbonyl (C=O) groups excluding carboxylic acids is 1. The minimum atomic E-state index is -0.561. The molecule has 2 N–H and O–H groups in total. The molecule has 0 aliphatic carbocycles. The first-order valence-corrected chi connectivity index (χ1v) is 7.41. The van der Waals surface area contributed by atoms with Gasteiger partial charge in [0, 0.05) is 17.4 Å². The molecule has 1 aromatic heterocycles. The van der Waals surface area contributed by atoms with E-state index in [1.54, 1.807) is 36.5 Å². The molecule has 0 saturated heterocycles. The van der Waals surface area contributed by atoms with Crippen LogP contribution in [-0.2, 0) is 6.54 Å². The van der Waals surface area contributed by atoms with Gasteiger partial charge in [-0.1, -0.05) is 6.07 Å². The highest BCUT2D eigenvalue weighted by Gasteiger charge is 2.20. The zero-order valence-corrected chi connectivity index (χ0v) is 13.0. The van der Waals surface area contributed by atoms with E-state index in [1.807, 2.05) is 12.1 Å². The van der Waals surface area contributed by atoms with Crippen molar-refractivity contribution in [3.8, 4) is 0 Å². The monoisotopic (exact) mass is 321 g/mol. The Labute approximate surface area is 137 Å². The number of aromatic nitrogens is 1. The first-order chi connectivity index (χ1) is 11.6. The molecule has 3 aromatic rings. The highest BCUT2D eigenvalue weighted by molar-refractivity contribution is 5.94. The summed E-state index contributed by atoms with van der Waals surface area (Å²) in [6, 6.07) is 12.2. The standard InChI is InChI=1S/C18H15N3O3/c1-11(22)12-5-7-13(8-6-12)21-16-15(17(23)18(16)24)20-10-14-4-2-3-9-19-14/h2-9,20-21H,10H2,1H3. The number of anilines is 3. The van der Waals surface area contributed by atoms with Crippen molar-refractivity contribution in [1.82, 2.24) is 4.98 Å². The van der Waals surface area contributed by atoms with Gasteiger partial charge in [0.05, 0.1) is 12.2 Å². The summed E-state index contributed by atoms with van der Waals surface area (Å²) < 4.78 is 0. The lowest BCUT2D eigenvalue weighted by Crippen LogP contribution is -2.36. The molecule has 0 spiro atoms. The van der Waals surface area contributed by atoms with Crippen molar-refractivity contribution in [3.63, 3.8) is 0 Å². The molecule has 0 aliphatic heterocycles. The quantitative estimate of drug-likeness (QED) is 0.535. The second-order valence-electron chi connectivity index (χ2n) is 5.34. The molecule has 1 heterocycles. The van der Waals surface area contributed by atoms with Crippen LogP contribution in [0.5, 0.6) is 0 Å². The molecule has 6 heteroatoms. The van der Waals surface area contributed by atoms with Crippen LogP contribution in [0.2, 0.25) is 0 Å². The maximum absolute atomic E-state index is 11.8. The van der Waals surface area contributed by atoms with Gasteiger partial charge in [-0.25, -0.2) is 0 Å². The molecule has 0 amide bonds. The van der Waals surface area contributed by atoms with Crippen molar-refractivity contribution in [2.45, 2.75) is 13.5 Å². The lowest BCUT2D eigenvalue weighted by molar-refractivity contribution is 0.101. The molecule has 0 aliphatic rings. The highest BCUT2D eigenvalue weighted by Crippen LogP contribution is 2.21. The molecule has 0 atom stereocenters. The van der Waals surface area contributed by atoms with E-state index in [0.717, 1.165) is 5.69 Å². The van der Waals surface area contributed by atoms with Crippen molar-refractivity contribution in [1.29, 1.82) is 0 Å². The number of benzene rings is 1. The third kappa shape index (κ3) is 3.08. The Kier molecular flexibility index (Phi) is 4.20. The number of nitrogens with one attached hydrogen (secondary N) is 2. The minimum absolute atomic E-state index is 0.0339. The number of pyridine rings is 1. The van der Waals surface area contributed by atoms with E-state index in [-0.39, 0.29) is 17.2 Å². The van der Waals surface area contributed by atoms with Crippen molar-refractivity contribution in [3.05, 3.63) is 80.4 Å². The van der Waals surface area contributed by atoms with Gasteiger partial charge in [-0.15, -0.1) is 0 Å². The molecule has 0 saturated carbocycles. The Hall–Kier alpha value is -3.28. The average molecular weight is 321 g/mol. The molecule has 0 unspecified atom stereocenters. The van der Waals surface area contributed by atoms with Crippen molar-refractivity contribution in [2.24, 2.45) is 0 Å². The van der Waals surface area contributed by atoms with Gasteiger partial charge in [0.15, 0.2) is 5.78 Å². The molecule has 0 bridgehead atoms. The number of carbonyl (C=O) groups is 1. The summed E-state index contributed by atoms with van der Waals surface area (Å²) in [5.74, 6) is -0.0339. The number of Topliss-reactive ketones (excluding diaryl/α,β-unsaturated/α-hetero) is 1. The largest absolute Gasteiger partial charge is 0.374 e. The highest BCUT2D eigenvalue weighted by atomic mass is 16.2. The number of nitrogens with zero attached hydrogens (tertiary/aromatic N) is 1. The smallest absolute Gasteiger partial charge is 0.253 e. The van der Waals surface area contributed by atoms with E-state index in [0.29, 0.717) is 17.8 Å². The van der Waals surface area contributed by atoms with E-state index in [4.69, 9.17) is 0 Å². The van der Waals surface area contributed by atoms with Crippen molar-refractivity contribution < 1.29 is 4.79 Å². The van der Waals surface area contributed by atoms with Crippen LogP contribution in [0.15, 0.2) is 58.3 Å². The summed E-state index contributed by atoms with van der Waals surface area (Å²) >= 11 is 0. The third-order valence-corrected chi connectivity index (χ3v) is 3.64. The fraction of sp³-hybridized carbons (Fsp3) is 0.111. The van der Waals surface area contributed by atoms with Gasteiger partial charge < -0.3 is 10.6 Å². The number of hydrogen-bond donors (Lipinski definition) is 2. The fourth-order valence-electron chi connectivity index (χ4n) is 2.29. The van der Waals surface area contributed by atoms with Gasteiger partial charge >= 0.3 is 0 Å². The predicted octanol–water partition coefficient (Wildman–Crippen LogP) is 2.24. The van der Waals surface area contributed by atoms with Gasteiger partial charge in [-0.05, 0) is 43.3 Å². The maximum atomic E-state index is 11.8. The number of ketones is 1. The zero-order chi connectivity index (χ0) is 17.1. The van der Waals surface area contributed by atoms with Crippen LogP contribution in [-0.4, -0.2) is 10.8 Å². The predicted molar refractivity (Wildman–Crippen MR) is 92.6 cm³/mol. The Morgan fingerprint density at radius 2 is 1.71 bits per heavy atom. The van der Waals surface area contributed by atoms with Crippen LogP contribution in [0.4, 0.5) is 17.1 Å². The van der Waals surface area contributed by atoms with Gasteiger partial charge in [0.1, 0.15) is 11.4 Å². The number of hydrogen-bond acceptors (Lipinski definition) is 6. The minimum Gasteiger partial charge on any atom is -0.374 e. The lowest BCUT2D eigenvalue weighted by Gasteiger charge is -2.14. The third-order valence-electron chi connectivity index (χ3n) is 3.64. The Morgan fingerprint density at radius 1 is 1.00 bits per heavy atom. The van der Waals surface area contributed by atoms with Crippen LogP contribution in [0.1, 0.15) is 23.0 Å². The van der Waals surface area contributed by atoms with Crippen LogP contribution < -0.4 is 21.5 Å². The second kappa shape index (κ2) is 6.45. The SMILES string of the molecule is CC(=O)c1ccc(Nc2c(NCc3ccccn3)c(=O)c2=O)cc1. The van der Waals surface area contributed by atoms with Gasteiger partial charge in [0.25, 0.3) is 10.9 Å². The second-order valence-corrected chi connectivity index (χ2v) is 5.34. The molecule has 0 radical (unpaired) electrons. The molecular weight excluding hydrogens is 306 g/mol. The molecule has 120 valence electrons. The first-order valence-electron chi connectivity index (χ1n) is 7.41. The Bertz CT molecular complexity index is 940. The summed E-state index contributed by atoms with van der Waals surface area (Å²) in [4.78, 5) is 39.0. The maximum Gasteiger partial charge on any atom is 0.253 e. The normalized spacial score (nSPS) is 10.5. The van der Waals surface area contributed by atoms with E-state index >= 15 is 0 Å². The molecule has 3 rings (SSSR count). The van der Waals surface area contributed by atoms with Crippen molar-refractivity contribution >= 4 is 22.8 Å². The topological polar surface area (TPSA) is 88.2 Å². The summed E-state index contributed by atoms with van der Waals surface area (Å²) in [6.45, 7) is 1.84. The summed E-state index contributed by atoms with van der Waals surface area (Å²) in [6.07, 6.45) is 1.66. The van der Waals surface area contributed by atoms with Crippen LogP contribution >= 0.6 is 0 Å². The van der Waals surface area contributed by atoms with Crippen molar-refractivity contribution in [2.75, 3.05) is 10.6 Å². The summed E-state index contributed by atoms with van der Waals surface area (Å²) in [7, 11) is 0. The molecule has 24 heavy (non-hydrogen) atoms. The number of rotatable bonds is 6. The van der Waals surface area contributed by atoms with Crippen LogP contribution in [0.25, 0.3) is 0 Å².